The van der Waals surface area contributed by atoms with E-state index in [-0.39, 0.29) is 0 Å². The summed E-state index contributed by atoms with van der Waals surface area (Å²) in [6, 6.07) is 0.679. The highest BCUT2D eigenvalue weighted by Gasteiger charge is 2.17. The van der Waals surface area contributed by atoms with Crippen molar-refractivity contribution in [2.75, 3.05) is 6.54 Å². The summed E-state index contributed by atoms with van der Waals surface area (Å²) in [4.78, 5) is 0. The number of piperidine rings is 1. The van der Waals surface area contributed by atoms with E-state index in [0.717, 1.165) is 0 Å². The van der Waals surface area contributed by atoms with Crippen LogP contribution in [0.2, 0.25) is 0 Å². The molecule has 1 aliphatic carbocycles. The summed E-state index contributed by atoms with van der Waals surface area (Å²) in [6.07, 6.45) is 10.5. The minimum absolute atomic E-state index is 0.679. The van der Waals surface area contributed by atoms with E-state index in [4.69, 9.17) is 0 Å². The van der Waals surface area contributed by atoms with Gasteiger partial charge in [0.05, 0.1) is 0 Å². The van der Waals surface area contributed by atoms with Gasteiger partial charge in [0.2, 0.25) is 0 Å². The molecule has 54 valence electrons. The van der Waals surface area contributed by atoms with Crippen molar-refractivity contribution < 1.29 is 0 Å². The Morgan fingerprint density at radius 3 is 3.40 bits per heavy atom. The van der Waals surface area contributed by atoms with Gasteiger partial charge in [-0.05, 0) is 25.8 Å². The molecule has 1 saturated heterocycles. The average Bonchev–Trinajstić information content (AvgIpc) is 2.05. The molecule has 1 fully saturated rings. The summed E-state index contributed by atoms with van der Waals surface area (Å²) in [5, 5.41) is 3.50. The zero-order valence-electron chi connectivity index (χ0n) is 6.14. The van der Waals surface area contributed by atoms with Crippen molar-refractivity contribution in [3.05, 3.63) is 23.8 Å². The Labute approximate surface area is 61.8 Å². The maximum absolute atomic E-state index is 3.50. The number of nitrogens with one attached hydrogen (secondary N) is 1. The minimum atomic E-state index is 0.679. The second-order valence-electron chi connectivity index (χ2n) is 3.02. The highest BCUT2D eigenvalue weighted by atomic mass is 14.9. The standard InChI is InChI=1S/C9H13N/c1-2-6-9-8(4-1)5-3-7-10-9/h1-2,4,9-10H,3,5-7H2. The highest BCUT2D eigenvalue weighted by molar-refractivity contribution is 5.25. The van der Waals surface area contributed by atoms with Gasteiger partial charge in [0.25, 0.3) is 0 Å². The quantitative estimate of drug-likeness (QED) is 0.532. The highest BCUT2D eigenvalue weighted by Crippen LogP contribution is 2.20. The summed E-state index contributed by atoms with van der Waals surface area (Å²) >= 11 is 0. The normalized spacial score (nSPS) is 31.2. The first-order valence-corrected chi connectivity index (χ1v) is 4.06. The molecule has 1 N–H and O–H groups in total. The lowest BCUT2D eigenvalue weighted by Gasteiger charge is -2.27. The third-order valence-corrected chi connectivity index (χ3v) is 2.30. The molecular weight excluding hydrogens is 122 g/mol. The van der Waals surface area contributed by atoms with Crippen molar-refractivity contribution in [1.82, 2.24) is 5.32 Å². The molecule has 0 radical (unpaired) electrons. The third kappa shape index (κ3) is 1.01. The molecule has 0 saturated carbocycles. The van der Waals surface area contributed by atoms with Gasteiger partial charge in [-0.15, -0.1) is 0 Å². The van der Waals surface area contributed by atoms with Crippen LogP contribution in [0.3, 0.4) is 0 Å². The number of rotatable bonds is 0. The second kappa shape index (κ2) is 2.59. The molecule has 1 nitrogen and oxygen atoms in total. The maximum Gasteiger partial charge on any atom is 0.0317 e. The Hall–Kier alpha value is -0.560. The zero-order chi connectivity index (χ0) is 6.81. The fourth-order valence-corrected chi connectivity index (χ4v) is 1.71. The van der Waals surface area contributed by atoms with Crippen molar-refractivity contribution in [3.8, 4) is 0 Å². The van der Waals surface area contributed by atoms with Crippen molar-refractivity contribution in [3.63, 3.8) is 0 Å². The van der Waals surface area contributed by atoms with Gasteiger partial charge in [0.15, 0.2) is 0 Å². The fourth-order valence-electron chi connectivity index (χ4n) is 1.71. The topological polar surface area (TPSA) is 12.0 Å². The Morgan fingerprint density at radius 2 is 2.50 bits per heavy atom. The predicted octanol–water partition coefficient (Wildman–Crippen LogP) is 1.62. The molecule has 0 spiro atoms. The molecule has 1 heteroatoms. The number of hydrogen-bond acceptors (Lipinski definition) is 1. The van der Waals surface area contributed by atoms with Crippen LogP contribution in [0.25, 0.3) is 0 Å². The van der Waals surface area contributed by atoms with Gasteiger partial charge in [-0.3, -0.25) is 0 Å². The first kappa shape index (κ1) is 6.17. The van der Waals surface area contributed by atoms with E-state index in [9.17, 15) is 0 Å². The van der Waals surface area contributed by atoms with Gasteiger partial charge in [-0.25, -0.2) is 0 Å². The summed E-state index contributed by atoms with van der Waals surface area (Å²) in [5.41, 5.74) is 1.61. The van der Waals surface area contributed by atoms with Crippen molar-refractivity contribution in [2.24, 2.45) is 0 Å². The van der Waals surface area contributed by atoms with Crippen molar-refractivity contribution in [1.29, 1.82) is 0 Å². The number of fused-ring (bicyclic) bond motifs is 1. The first-order chi connectivity index (χ1) is 4.97. The molecular formula is C9H13N. The molecule has 2 rings (SSSR count). The van der Waals surface area contributed by atoms with E-state index in [1.165, 1.54) is 25.8 Å². The SMILES string of the molecule is C1=CCC2NCCCC2=C1. The van der Waals surface area contributed by atoms with Gasteiger partial charge in [0.1, 0.15) is 0 Å². The summed E-state index contributed by atoms with van der Waals surface area (Å²) in [5.74, 6) is 0. The lowest BCUT2D eigenvalue weighted by molar-refractivity contribution is 0.489. The molecule has 0 bridgehead atoms. The molecule has 10 heavy (non-hydrogen) atoms. The van der Waals surface area contributed by atoms with Crippen molar-refractivity contribution >= 4 is 0 Å². The van der Waals surface area contributed by atoms with E-state index >= 15 is 0 Å². The molecule has 0 aromatic carbocycles. The van der Waals surface area contributed by atoms with Gasteiger partial charge in [-0.2, -0.15) is 0 Å². The van der Waals surface area contributed by atoms with E-state index in [1.807, 2.05) is 0 Å². The predicted molar refractivity (Wildman–Crippen MR) is 42.9 cm³/mol. The zero-order valence-corrected chi connectivity index (χ0v) is 6.14. The van der Waals surface area contributed by atoms with Crippen LogP contribution in [-0.2, 0) is 0 Å². The average molecular weight is 135 g/mol. The monoisotopic (exact) mass is 135 g/mol. The molecule has 0 aromatic rings. The largest absolute Gasteiger partial charge is 0.310 e. The molecule has 0 aromatic heterocycles. The van der Waals surface area contributed by atoms with Gasteiger partial charge in [-0.1, -0.05) is 23.8 Å². The minimum Gasteiger partial charge on any atom is -0.310 e. The molecule has 2 aliphatic rings. The van der Waals surface area contributed by atoms with E-state index in [1.54, 1.807) is 5.57 Å². The molecule has 1 aliphatic heterocycles. The van der Waals surface area contributed by atoms with Crippen LogP contribution in [0.15, 0.2) is 23.8 Å². The Bertz CT molecular complexity index is 179. The van der Waals surface area contributed by atoms with Gasteiger partial charge < -0.3 is 5.32 Å². The molecule has 1 unspecified atom stereocenters. The summed E-state index contributed by atoms with van der Waals surface area (Å²) < 4.78 is 0. The first-order valence-electron chi connectivity index (χ1n) is 4.06. The van der Waals surface area contributed by atoms with Crippen LogP contribution in [0.5, 0.6) is 0 Å². The van der Waals surface area contributed by atoms with Crippen LogP contribution >= 0.6 is 0 Å². The number of hydrogen-bond donors (Lipinski definition) is 1. The Balaban J connectivity index is 2.14. The van der Waals surface area contributed by atoms with E-state index in [2.05, 4.69) is 23.5 Å². The van der Waals surface area contributed by atoms with Crippen LogP contribution in [0.1, 0.15) is 19.3 Å². The molecule has 1 heterocycles. The van der Waals surface area contributed by atoms with Crippen molar-refractivity contribution in [2.45, 2.75) is 25.3 Å². The lowest BCUT2D eigenvalue weighted by atomic mass is 9.92. The van der Waals surface area contributed by atoms with Gasteiger partial charge >= 0.3 is 0 Å². The van der Waals surface area contributed by atoms with Gasteiger partial charge in [0, 0.05) is 6.04 Å². The van der Waals surface area contributed by atoms with Crippen LogP contribution < -0.4 is 5.32 Å². The fraction of sp³-hybridized carbons (Fsp3) is 0.556. The third-order valence-electron chi connectivity index (χ3n) is 2.30. The summed E-state index contributed by atoms with van der Waals surface area (Å²) in [6.45, 7) is 1.20. The van der Waals surface area contributed by atoms with Crippen LogP contribution in [0.4, 0.5) is 0 Å². The summed E-state index contributed by atoms with van der Waals surface area (Å²) in [7, 11) is 0. The number of allylic oxidation sites excluding steroid dienone is 2. The smallest absolute Gasteiger partial charge is 0.0317 e. The van der Waals surface area contributed by atoms with E-state index in [0.29, 0.717) is 6.04 Å². The Kier molecular flexibility index (Phi) is 1.60. The second-order valence-corrected chi connectivity index (χ2v) is 3.02. The lowest BCUT2D eigenvalue weighted by Crippen LogP contribution is -2.36. The van der Waals surface area contributed by atoms with E-state index < -0.39 is 0 Å². The van der Waals surface area contributed by atoms with Crippen LogP contribution in [0, 0.1) is 0 Å². The Morgan fingerprint density at radius 1 is 1.50 bits per heavy atom. The molecule has 1 atom stereocenters. The molecule has 0 amide bonds. The maximum atomic E-state index is 3.50. The van der Waals surface area contributed by atoms with Crippen LogP contribution in [-0.4, -0.2) is 12.6 Å².